The van der Waals surface area contributed by atoms with Crippen LogP contribution in [0.25, 0.3) is 0 Å². The lowest BCUT2D eigenvalue weighted by Gasteiger charge is -2.20. The Bertz CT molecular complexity index is 1000. The summed E-state index contributed by atoms with van der Waals surface area (Å²) < 4.78 is 63.6. The third-order valence-corrected chi connectivity index (χ3v) is 8.72. The van der Waals surface area contributed by atoms with Crippen molar-refractivity contribution in [2.45, 2.75) is 29.7 Å². The minimum Gasteiger partial charge on any atom is -0.308 e. The maximum absolute atomic E-state index is 13.5. The lowest BCUT2D eigenvalue weighted by molar-refractivity contribution is 0.525. The van der Waals surface area contributed by atoms with Crippen LogP contribution in [0.1, 0.15) is 11.1 Å². The first-order valence-corrected chi connectivity index (χ1v) is 11.5. The fourth-order valence-corrected chi connectivity index (χ4v) is 7.93. The van der Waals surface area contributed by atoms with Crippen LogP contribution < -0.4 is 5.32 Å². The molecular formula is C18H20FNO4S2. The van der Waals surface area contributed by atoms with E-state index in [9.17, 15) is 21.2 Å². The molecule has 0 aliphatic carbocycles. The average molecular weight is 397 g/mol. The maximum Gasteiger partial charge on any atom is 0.183 e. The minimum atomic E-state index is -3.91. The number of rotatable bonds is 5. The first-order chi connectivity index (χ1) is 12.2. The van der Waals surface area contributed by atoms with Crippen molar-refractivity contribution >= 4 is 19.7 Å². The third-order valence-electron chi connectivity index (χ3n) is 4.57. The van der Waals surface area contributed by atoms with Gasteiger partial charge in [-0.15, -0.1) is 0 Å². The van der Waals surface area contributed by atoms with E-state index in [2.05, 4.69) is 5.32 Å². The van der Waals surface area contributed by atoms with Gasteiger partial charge in [0.15, 0.2) is 19.7 Å². The zero-order valence-corrected chi connectivity index (χ0v) is 15.9. The van der Waals surface area contributed by atoms with Crippen LogP contribution in [0.5, 0.6) is 0 Å². The molecule has 5 nitrogen and oxygen atoms in total. The predicted octanol–water partition coefficient (Wildman–Crippen LogP) is 1.86. The Labute approximate surface area is 153 Å². The molecule has 0 bridgehead atoms. The van der Waals surface area contributed by atoms with Gasteiger partial charge in [-0.2, -0.15) is 0 Å². The van der Waals surface area contributed by atoms with E-state index in [-0.39, 0.29) is 16.2 Å². The van der Waals surface area contributed by atoms with Crippen LogP contribution >= 0.6 is 0 Å². The van der Waals surface area contributed by atoms with Gasteiger partial charge in [0.2, 0.25) is 0 Å². The molecule has 1 N–H and O–H groups in total. The molecule has 1 aliphatic rings. The van der Waals surface area contributed by atoms with Gasteiger partial charge in [0, 0.05) is 12.6 Å². The van der Waals surface area contributed by atoms with Crippen LogP contribution in [0.2, 0.25) is 0 Å². The molecule has 26 heavy (non-hydrogen) atoms. The van der Waals surface area contributed by atoms with Crippen molar-refractivity contribution in [2.24, 2.45) is 0 Å². The largest absolute Gasteiger partial charge is 0.308 e. The van der Waals surface area contributed by atoms with Crippen LogP contribution in [-0.2, 0) is 26.2 Å². The number of halogens is 1. The fourth-order valence-electron chi connectivity index (χ4n) is 3.13. The van der Waals surface area contributed by atoms with Gasteiger partial charge >= 0.3 is 0 Å². The van der Waals surface area contributed by atoms with Crippen LogP contribution in [-0.4, -0.2) is 39.6 Å². The van der Waals surface area contributed by atoms with Gasteiger partial charge in [-0.05, 0) is 36.2 Å². The fraction of sp³-hybridized carbons (Fsp3) is 0.333. The number of aryl methyl sites for hydroxylation is 1. The second-order valence-electron chi connectivity index (χ2n) is 6.54. The molecule has 1 heterocycles. The van der Waals surface area contributed by atoms with Gasteiger partial charge in [0.05, 0.1) is 21.7 Å². The number of benzene rings is 2. The second-order valence-corrected chi connectivity index (χ2v) is 10.9. The van der Waals surface area contributed by atoms with Crippen molar-refractivity contribution in [1.29, 1.82) is 0 Å². The molecule has 1 aliphatic heterocycles. The summed E-state index contributed by atoms with van der Waals surface area (Å²) >= 11 is 0. The smallest absolute Gasteiger partial charge is 0.183 e. The first-order valence-electron chi connectivity index (χ1n) is 8.17. The molecule has 0 amide bonds. The van der Waals surface area contributed by atoms with E-state index in [1.165, 1.54) is 19.1 Å². The normalized spacial score (nSPS) is 22.4. The van der Waals surface area contributed by atoms with Crippen molar-refractivity contribution in [2.75, 3.05) is 11.5 Å². The molecule has 2 atom stereocenters. The Kier molecular flexibility index (Phi) is 5.18. The van der Waals surface area contributed by atoms with Gasteiger partial charge in [-0.1, -0.05) is 30.3 Å². The molecule has 1 saturated heterocycles. The van der Waals surface area contributed by atoms with Crippen molar-refractivity contribution in [3.05, 3.63) is 65.5 Å². The Hall–Kier alpha value is -1.77. The molecule has 3 rings (SSSR count). The Balaban J connectivity index is 1.88. The number of nitrogens with one attached hydrogen (secondary N) is 1. The molecule has 0 aromatic heterocycles. The van der Waals surface area contributed by atoms with E-state index in [1.807, 2.05) is 30.3 Å². The van der Waals surface area contributed by atoms with Crippen molar-refractivity contribution < 1.29 is 21.2 Å². The van der Waals surface area contributed by atoms with Gasteiger partial charge in [0.1, 0.15) is 5.82 Å². The molecule has 0 radical (unpaired) electrons. The lowest BCUT2D eigenvalue weighted by Crippen LogP contribution is -2.43. The molecule has 8 heteroatoms. The molecule has 0 unspecified atom stereocenters. The standard InChI is InChI=1S/C18H20FNO4S2/c1-13-9-15(7-8-16(13)19)26(23,24)18-12-25(21,22)11-17(18)20-10-14-5-3-2-4-6-14/h2-9,17-18,20H,10-12H2,1H3/t17-,18-/m0/s1. The molecule has 0 spiro atoms. The van der Waals surface area contributed by atoms with E-state index >= 15 is 0 Å². The summed E-state index contributed by atoms with van der Waals surface area (Å²) in [5.41, 5.74) is 1.14. The molecule has 140 valence electrons. The van der Waals surface area contributed by atoms with Crippen molar-refractivity contribution in [1.82, 2.24) is 5.32 Å². The SMILES string of the molecule is Cc1cc(S(=O)(=O)[C@H]2CS(=O)(=O)C[C@@H]2NCc2ccccc2)ccc1F. The van der Waals surface area contributed by atoms with Gasteiger partial charge < -0.3 is 5.32 Å². The molecule has 1 fully saturated rings. The van der Waals surface area contributed by atoms with Crippen LogP contribution in [0, 0.1) is 12.7 Å². The molecular weight excluding hydrogens is 377 g/mol. The van der Waals surface area contributed by atoms with Crippen molar-refractivity contribution in [3.63, 3.8) is 0 Å². The highest BCUT2D eigenvalue weighted by molar-refractivity contribution is 7.96. The first kappa shape index (κ1) is 19.0. The molecule has 2 aromatic carbocycles. The summed E-state index contributed by atoms with van der Waals surface area (Å²) in [6, 6.07) is 12.2. The summed E-state index contributed by atoms with van der Waals surface area (Å²) in [4.78, 5) is -0.0509. The summed E-state index contributed by atoms with van der Waals surface area (Å²) in [6.45, 7) is 1.85. The quantitative estimate of drug-likeness (QED) is 0.779. The second kappa shape index (κ2) is 7.09. The zero-order chi connectivity index (χ0) is 18.9. The van der Waals surface area contributed by atoms with Crippen LogP contribution in [0.4, 0.5) is 4.39 Å². The van der Waals surface area contributed by atoms with Gasteiger partial charge in [-0.25, -0.2) is 21.2 Å². The van der Waals surface area contributed by atoms with Crippen molar-refractivity contribution in [3.8, 4) is 0 Å². The Morgan fingerprint density at radius 3 is 2.46 bits per heavy atom. The van der Waals surface area contributed by atoms with E-state index < -0.39 is 42.5 Å². The highest BCUT2D eigenvalue weighted by Crippen LogP contribution is 2.27. The van der Waals surface area contributed by atoms with Gasteiger partial charge in [-0.3, -0.25) is 0 Å². The Morgan fingerprint density at radius 2 is 1.81 bits per heavy atom. The topological polar surface area (TPSA) is 80.3 Å². The minimum absolute atomic E-state index is 0.0509. The average Bonchev–Trinajstić information content (AvgIpc) is 2.92. The zero-order valence-electron chi connectivity index (χ0n) is 14.2. The van der Waals surface area contributed by atoms with E-state index in [4.69, 9.17) is 0 Å². The van der Waals surface area contributed by atoms with E-state index in [0.29, 0.717) is 6.54 Å². The van der Waals surface area contributed by atoms with E-state index in [0.717, 1.165) is 11.6 Å². The molecule has 0 saturated carbocycles. The highest BCUT2D eigenvalue weighted by atomic mass is 32.2. The Morgan fingerprint density at radius 1 is 1.12 bits per heavy atom. The number of hydrogen-bond donors (Lipinski definition) is 1. The van der Waals surface area contributed by atoms with Crippen LogP contribution in [0.3, 0.4) is 0 Å². The summed E-state index contributed by atoms with van der Waals surface area (Å²) in [7, 11) is -7.39. The molecule has 2 aromatic rings. The number of hydrogen-bond acceptors (Lipinski definition) is 5. The summed E-state index contributed by atoms with van der Waals surface area (Å²) in [5, 5.41) is 1.98. The van der Waals surface area contributed by atoms with E-state index in [1.54, 1.807) is 0 Å². The van der Waals surface area contributed by atoms with Crippen LogP contribution in [0.15, 0.2) is 53.4 Å². The highest BCUT2D eigenvalue weighted by Gasteiger charge is 2.45. The summed E-state index contributed by atoms with van der Waals surface area (Å²) in [5.74, 6) is -1.16. The maximum atomic E-state index is 13.5. The predicted molar refractivity (Wildman–Crippen MR) is 97.8 cm³/mol. The third kappa shape index (κ3) is 3.97. The van der Waals surface area contributed by atoms with Gasteiger partial charge in [0.25, 0.3) is 0 Å². The monoisotopic (exact) mass is 397 g/mol. The number of sulfone groups is 2. The summed E-state index contributed by atoms with van der Waals surface area (Å²) in [6.07, 6.45) is 0. The lowest BCUT2D eigenvalue weighted by atomic mass is 10.2.